The van der Waals surface area contributed by atoms with E-state index in [0.29, 0.717) is 31.0 Å². The predicted molar refractivity (Wildman–Crippen MR) is 103 cm³/mol. The Balaban J connectivity index is 1.50. The molecule has 0 saturated heterocycles. The summed E-state index contributed by atoms with van der Waals surface area (Å²) in [6.45, 7) is 2.52. The molecule has 1 heterocycles. The van der Waals surface area contributed by atoms with E-state index in [1.807, 2.05) is 42.5 Å². The van der Waals surface area contributed by atoms with Gasteiger partial charge in [-0.05, 0) is 41.8 Å². The third kappa shape index (κ3) is 5.16. The van der Waals surface area contributed by atoms with Crippen LogP contribution in [0.15, 0.2) is 42.5 Å². The van der Waals surface area contributed by atoms with Crippen LogP contribution in [-0.4, -0.2) is 43.7 Å². The second-order valence-corrected chi connectivity index (χ2v) is 6.51. The molecule has 1 N–H and O–H groups in total. The summed E-state index contributed by atoms with van der Waals surface area (Å²) in [6.07, 6.45) is 0.645. The fourth-order valence-corrected chi connectivity index (χ4v) is 2.92. The molecule has 1 aliphatic heterocycles. The van der Waals surface area contributed by atoms with Crippen molar-refractivity contribution in [2.45, 2.75) is 19.9 Å². The number of methoxy groups -OCH3 is 1. The molecule has 0 spiro atoms. The number of ether oxygens (including phenoxy) is 3. The summed E-state index contributed by atoms with van der Waals surface area (Å²) in [6, 6.07) is 13.2. The van der Waals surface area contributed by atoms with Gasteiger partial charge in [-0.1, -0.05) is 18.2 Å². The number of carbonyl (C=O) groups is 2. The van der Waals surface area contributed by atoms with Crippen LogP contribution in [0.5, 0.6) is 17.2 Å². The average molecular weight is 384 g/mol. The minimum Gasteiger partial charge on any atom is -0.497 e. The Morgan fingerprint density at radius 3 is 2.71 bits per heavy atom. The number of carbonyl (C=O) groups excluding carboxylic acids is 2. The average Bonchev–Trinajstić information content (AvgIpc) is 3.17. The van der Waals surface area contributed by atoms with Gasteiger partial charge in [-0.25, -0.2) is 0 Å². The monoisotopic (exact) mass is 384 g/mol. The van der Waals surface area contributed by atoms with E-state index >= 15 is 0 Å². The van der Waals surface area contributed by atoms with Crippen molar-refractivity contribution in [2.24, 2.45) is 0 Å². The highest BCUT2D eigenvalue weighted by Gasteiger charge is 2.15. The molecular weight excluding hydrogens is 360 g/mol. The number of rotatable bonds is 8. The van der Waals surface area contributed by atoms with E-state index in [4.69, 9.17) is 14.2 Å². The molecule has 2 aromatic carbocycles. The third-order valence-electron chi connectivity index (χ3n) is 4.51. The molecule has 148 valence electrons. The molecule has 0 saturated carbocycles. The summed E-state index contributed by atoms with van der Waals surface area (Å²) in [4.78, 5) is 25.7. The Bertz CT molecular complexity index is 852. The number of hydrogen-bond donors (Lipinski definition) is 1. The molecule has 2 aromatic rings. The second-order valence-electron chi connectivity index (χ2n) is 6.51. The van der Waals surface area contributed by atoms with E-state index in [1.54, 1.807) is 7.11 Å². The molecule has 0 radical (unpaired) electrons. The SMILES string of the molecule is COc1cccc(CCN(CC(=O)NCc2ccc3c(c2)OCO3)C(C)=O)c1. The normalized spacial score (nSPS) is 11.8. The van der Waals surface area contributed by atoms with Crippen molar-refractivity contribution in [1.82, 2.24) is 10.2 Å². The van der Waals surface area contributed by atoms with Gasteiger partial charge in [0.05, 0.1) is 13.7 Å². The van der Waals surface area contributed by atoms with Crippen LogP contribution in [0.2, 0.25) is 0 Å². The first-order valence-corrected chi connectivity index (χ1v) is 9.09. The highest BCUT2D eigenvalue weighted by Crippen LogP contribution is 2.32. The van der Waals surface area contributed by atoms with E-state index in [0.717, 1.165) is 16.9 Å². The van der Waals surface area contributed by atoms with Crippen LogP contribution >= 0.6 is 0 Å². The lowest BCUT2D eigenvalue weighted by atomic mass is 10.1. The van der Waals surface area contributed by atoms with Crippen LogP contribution in [0.3, 0.4) is 0 Å². The maximum Gasteiger partial charge on any atom is 0.239 e. The molecule has 0 aromatic heterocycles. The van der Waals surface area contributed by atoms with Crippen LogP contribution < -0.4 is 19.5 Å². The summed E-state index contributed by atoms with van der Waals surface area (Å²) in [5, 5.41) is 2.84. The molecule has 7 heteroatoms. The first-order valence-electron chi connectivity index (χ1n) is 9.09. The molecule has 0 unspecified atom stereocenters. The van der Waals surface area contributed by atoms with Gasteiger partial charge in [-0.15, -0.1) is 0 Å². The maximum atomic E-state index is 12.3. The lowest BCUT2D eigenvalue weighted by Gasteiger charge is -2.20. The van der Waals surface area contributed by atoms with E-state index in [-0.39, 0.29) is 25.2 Å². The van der Waals surface area contributed by atoms with E-state index < -0.39 is 0 Å². The summed E-state index contributed by atoms with van der Waals surface area (Å²) in [5.41, 5.74) is 1.95. The summed E-state index contributed by atoms with van der Waals surface area (Å²) >= 11 is 0. The first kappa shape index (κ1) is 19.5. The van der Waals surface area contributed by atoms with Crippen LogP contribution in [-0.2, 0) is 22.6 Å². The lowest BCUT2D eigenvalue weighted by molar-refractivity contribution is -0.134. The number of amides is 2. The maximum absolute atomic E-state index is 12.3. The van der Waals surface area contributed by atoms with Gasteiger partial charge in [-0.3, -0.25) is 9.59 Å². The molecule has 1 aliphatic rings. The van der Waals surface area contributed by atoms with Gasteiger partial charge in [0.15, 0.2) is 11.5 Å². The van der Waals surface area contributed by atoms with Gasteiger partial charge >= 0.3 is 0 Å². The Morgan fingerprint density at radius 2 is 1.93 bits per heavy atom. The number of nitrogens with zero attached hydrogens (tertiary/aromatic N) is 1. The molecule has 0 aliphatic carbocycles. The van der Waals surface area contributed by atoms with Gasteiger partial charge in [0.25, 0.3) is 0 Å². The molecule has 0 atom stereocenters. The van der Waals surface area contributed by atoms with Crippen molar-refractivity contribution in [3.05, 3.63) is 53.6 Å². The smallest absolute Gasteiger partial charge is 0.239 e. The Morgan fingerprint density at radius 1 is 1.11 bits per heavy atom. The van der Waals surface area contributed by atoms with Gasteiger partial charge in [0.2, 0.25) is 18.6 Å². The van der Waals surface area contributed by atoms with Crippen molar-refractivity contribution >= 4 is 11.8 Å². The number of fused-ring (bicyclic) bond motifs is 1. The van der Waals surface area contributed by atoms with Crippen molar-refractivity contribution in [2.75, 3.05) is 27.0 Å². The third-order valence-corrected chi connectivity index (χ3v) is 4.51. The minimum absolute atomic E-state index is 0.0177. The summed E-state index contributed by atoms with van der Waals surface area (Å²) in [5.74, 6) is 1.80. The van der Waals surface area contributed by atoms with Crippen LogP contribution in [0.1, 0.15) is 18.1 Å². The predicted octanol–water partition coefficient (Wildman–Crippen LogP) is 2.13. The fourth-order valence-electron chi connectivity index (χ4n) is 2.92. The van der Waals surface area contributed by atoms with Gasteiger partial charge < -0.3 is 24.4 Å². The van der Waals surface area contributed by atoms with Crippen molar-refractivity contribution < 1.29 is 23.8 Å². The van der Waals surface area contributed by atoms with Crippen LogP contribution in [0.4, 0.5) is 0 Å². The van der Waals surface area contributed by atoms with E-state index in [9.17, 15) is 9.59 Å². The summed E-state index contributed by atoms with van der Waals surface area (Å²) in [7, 11) is 1.62. The molecule has 0 fully saturated rings. The Kier molecular flexibility index (Phi) is 6.37. The lowest BCUT2D eigenvalue weighted by Crippen LogP contribution is -2.40. The Labute approximate surface area is 164 Å². The number of hydrogen-bond acceptors (Lipinski definition) is 5. The molecule has 0 bridgehead atoms. The molecule has 3 rings (SSSR count). The van der Waals surface area contributed by atoms with E-state index in [1.165, 1.54) is 11.8 Å². The molecular formula is C21H24N2O5. The fraction of sp³-hybridized carbons (Fsp3) is 0.333. The number of nitrogens with one attached hydrogen (secondary N) is 1. The largest absolute Gasteiger partial charge is 0.497 e. The van der Waals surface area contributed by atoms with Crippen LogP contribution in [0, 0.1) is 0 Å². The standard InChI is InChI=1S/C21H24N2O5/c1-15(24)23(9-8-16-4-3-5-18(10-16)26-2)13-21(25)22-12-17-6-7-19-20(11-17)28-14-27-19/h3-7,10-11H,8-9,12-14H2,1-2H3,(H,22,25). The van der Waals surface area contributed by atoms with Crippen molar-refractivity contribution in [1.29, 1.82) is 0 Å². The van der Waals surface area contributed by atoms with Crippen molar-refractivity contribution in [3.8, 4) is 17.2 Å². The topological polar surface area (TPSA) is 77.1 Å². The molecule has 28 heavy (non-hydrogen) atoms. The molecule has 2 amide bonds. The molecule has 7 nitrogen and oxygen atoms in total. The van der Waals surface area contributed by atoms with Gasteiger partial charge in [-0.2, -0.15) is 0 Å². The van der Waals surface area contributed by atoms with Crippen molar-refractivity contribution in [3.63, 3.8) is 0 Å². The van der Waals surface area contributed by atoms with E-state index in [2.05, 4.69) is 5.32 Å². The highest BCUT2D eigenvalue weighted by molar-refractivity contribution is 5.83. The van der Waals surface area contributed by atoms with Crippen LogP contribution in [0.25, 0.3) is 0 Å². The zero-order valence-corrected chi connectivity index (χ0v) is 16.1. The first-order chi connectivity index (χ1) is 13.5. The van der Waals surface area contributed by atoms with Gasteiger partial charge in [0, 0.05) is 20.0 Å². The Hall–Kier alpha value is -3.22. The quantitative estimate of drug-likeness (QED) is 0.755. The summed E-state index contributed by atoms with van der Waals surface area (Å²) < 4.78 is 15.8. The zero-order chi connectivity index (χ0) is 19.9. The number of benzene rings is 2. The minimum atomic E-state index is -0.210. The van der Waals surface area contributed by atoms with Gasteiger partial charge in [0.1, 0.15) is 5.75 Å². The second kappa shape index (κ2) is 9.12. The zero-order valence-electron chi connectivity index (χ0n) is 16.1. The highest BCUT2D eigenvalue weighted by atomic mass is 16.7.